The Morgan fingerprint density at radius 3 is 2.63 bits per heavy atom. The molecule has 0 spiro atoms. The van der Waals surface area contributed by atoms with Crippen LogP contribution in [-0.2, 0) is 0 Å². The maximum absolute atomic E-state index is 13.7. The van der Waals surface area contributed by atoms with Crippen LogP contribution in [0.25, 0.3) is 0 Å². The largest absolute Gasteiger partial charge is 0.379 e. The summed E-state index contributed by atoms with van der Waals surface area (Å²) in [6, 6.07) is 2.34. The van der Waals surface area contributed by atoms with Crippen molar-refractivity contribution < 1.29 is 8.78 Å². The number of rotatable bonds is 3. The molecular weight excluding hydrogens is 314 g/mol. The van der Waals surface area contributed by atoms with Gasteiger partial charge < -0.3 is 5.32 Å². The molecule has 1 fully saturated rings. The molecule has 5 heteroatoms. The standard InChI is InChI=1S/C14H15BrF2N2/c1-2-5-19-6-3-11(4-7-19)18-14-12(15)8-10(16)9-13(14)17/h1,8-9,11,18H,3-7H2. The minimum absolute atomic E-state index is 0.185. The molecule has 1 saturated heterocycles. The van der Waals surface area contributed by atoms with Crippen molar-refractivity contribution in [3.8, 4) is 12.3 Å². The Balaban J connectivity index is 1.98. The van der Waals surface area contributed by atoms with Crippen molar-refractivity contribution in [2.75, 3.05) is 25.0 Å². The number of piperidine rings is 1. The zero-order valence-corrected chi connectivity index (χ0v) is 12.0. The summed E-state index contributed by atoms with van der Waals surface area (Å²) in [5.74, 6) is 1.47. The normalized spacial score (nSPS) is 17.2. The topological polar surface area (TPSA) is 15.3 Å². The second-order valence-electron chi connectivity index (χ2n) is 4.64. The van der Waals surface area contributed by atoms with Crippen LogP contribution in [0.3, 0.4) is 0 Å². The molecule has 102 valence electrons. The molecule has 2 rings (SSSR count). The molecule has 0 atom stereocenters. The Morgan fingerprint density at radius 2 is 2.05 bits per heavy atom. The van der Waals surface area contributed by atoms with Crippen molar-refractivity contribution in [2.45, 2.75) is 18.9 Å². The minimum atomic E-state index is -0.584. The number of nitrogens with one attached hydrogen (secondary N) is 1. The third-order valence-corrected chi connectivity index (χ3v) is 3.88. The average molecular weight is 329 g/mol. The van der Waals surface area contributed by atoms with E-state index in [1.165, 1.54) is 6.07 Å². The first-order chi connectivity index (χ1) is 9.10. The number of nitrogens with zero attached hydrogens (tertiary/aromatic N) is 1. The highest BCUT2D eigenvalue weighted by Gasteiger charge is 2.20. The van der Waals surface area contributed by atoms with Crippen LogP contribution >= 0.6 is 15.9 Å². The zero-order chi connectivity index (χ0) is 13.8. The summed E-state index contributed by atoms with van der Waals surface area (Å²) in [4.78, 5) is 2.19. The fourth-order valence-corrected chi connectivity index (χ4v) is 2.77. The molecule has 1 aromatic carbocycles. The van der Waals surface area contributed by atoms with Crippen LogP contribution in [0.2, 0.25) is 0 Å². The number of hydrogen-bond donors (Lipinski definition) is 1. The molecule has 1 heterocycles. The lowest BCUT2D eigenvalue weighted by Crippen LogP contribution is -2.39. The molecule has 0 aromatic heterocycles. The predicted octanol–water partition coefficient (Wildman–Crippen LogP) is 3.24. The van der Waals surface area contributed by atoms with E-state index < -0.39 is 11.6 Å². The molecule has 1 N–H and O–H groups in total. The van der Waals surface area contributed by atoms with E-state index in [9.17, 15) is 8.78 Å². The van der Waals surface area contributed by atoms with E-state index >= 15 is 0 Å². The van der Waals surface area contributed by atoms with Gasteiger partial charge in [0, 0.05) is 29.7 Å². The maximum atomic E-state index is 13.7. The minimum Gasteiger partial charge on any atom is -0.379 e. The van der Waals surface area contributed by atoms with Crippen molar-refractivity contribution in [2.24, 2.45) is 0 Å². The fourth-order valence-electron chi connectivity index (χ4n) is 2.25. The number of likely N-dealkylation sites (tertiary alicyclic amines) is 1. The number of terminal acetylenes is 1. The highest BCUT2D eigenvalue weighted by Crippen LogP contribution is 2.28. The number of hydrogen-bond acceptors (Lipinski definition) is 2. The van der Waals surface area contributed by atoms with Gasteiger partial charge in [-0.05, 0) is 34.8 Å². The second-order valence-corrected chi connectivity index (χ2v) is 5.50. The van der Waals surface area contributed by atoms with Gasteiger partial charge in [-0.15, -0.1) is 6.42 Å². The molecule has 1 aliphatic heterocycles. The van der Waals surface area contributed by atoms with Crippen molar-refractivity contribution in [1.29, 1.82) is 0 Å². The van der Waals surface area contributed by atoms with Crippen molar-refractivity contribution >= 4 is 21.6 Å². The van der Waals surface area contributed by atoms with Crippen LogP contribution in [0.1, 0.15) is 12.8 Å². The molecule has 0 bridgehead atoms. The Kier molecular flexibility index (Phi) is 4.78. The fraction of sp³-hybridized carbons (Fsp3) is 0.429. The van der Waals surface area contributed by atoms with Crippen LogP contribution in [0.15, 0.2) is 16.6 Å². The molecule has 1 aromatic rings. The Bertz CT molecular complexity index is 468. The molecule has 0 unspecified atom stereocenters. The summed E-state index contributed by atoms with van der Waals surface area (Å²) in [6.07, 6.45) is 7.06. The number of benzene rings is 1. The molecule has 0 amide bonds. The van der Waals surface area contributed by atoms with Crippen molar-refractivity contribution in [3.05, 3.63) is 28.2 Å². The molecular formula is C14H15BrF2N2. The van der Waals surface area contributed by atoms with Crippen LogP contribution in [0.5, 0.6) is 0 Å². The molecule has 2 nitrogen and oxygen atoms in total. The van der Waals surface area contributed by atoms with Crippen LogP contribution in [-0.4, -0.2) is 30.6 Å². The summed E-state index contributed by atoms with van der Waals surface area (Å²) in [5.41, 5.74) is 0.330. The van der Waals surface area contributed by atoms with E-state index in [-0.39, 0.29) is 6.04 Å². The van der Waals surface area contributed by atoms with Crippen molar-refractivity contribution in [3.63, 3.8) is 0 Å². The van der Waals surface area contributed by atoms with Gasteiger partial charge in [0.15, 0.2) is 0 Å². The number of anilines is 1. The molecule has 19 heavy (non-hydrogen) atoms. The van der Waals surface area contributed by atoms with Gasteiger partial charge in [0.1, 0.15) is 11.6 Å². The van der Waals surface area contributed by atoms with Gasteiger partial charge in [-0.2, -0.15) is 0 Å². The van der Waals surface area contributed by atoms with E-state index in [0.717, 1.165) is 32.0 Å². The van der Waals surface area contributed by atoms with Gasteiger partial charge in [0.2, 0.25) is 0 Å². The summed E-state index contributed by atoms with van der Waals surface area (Å²) in [7, 11) is 0. The SMILES string of the molecule is C#CCN1CCC(Nc2c(F)cc(F)cc2Br)CC1. The smallest absolute Gasteiger partial charge is 0.150 e. The first-order valence-electron chi connectivity index (χ1n) is 6.17. The Labute approximate surface area is 120 Å². The lowest BCUT2D eigenvalue weighted by Gasteiger charge is -2.31. The lowest BCUT2D eigenvalue weighted by molar-refractivity contribution is 0.243. The van der Waals surface area contributed by atoms with E-state index in [1.54, 1.807) is 0 Å². The predicted molar refractivity (Wildman–Crippen MR) is 76.0 cm³/mol. The van der Waals surface area contributed by atoms with E-state index in [2.05, 4.69) is 32.1 Å². The third-order valence-electron chi connectivity index (χ3n) is 3.26. The van der Waals surface area contributed by atoms with Crippen LogP contribution in [0, 0.1) is 24.0 Å². The maximum Gasteiger partial charge on any atom is 0.150 e. The lowest BCUT2D eigenvalue weighted by atomic mass is 10.0. The molecule has 0 saturated carbocycles. The quantitative estimate of drug-likeness (QED) is 0.857. The molecule has 0 radical (unpaired) electrons. The zero-order valence-electron chi connectivity index (χ0n) is 10.4. The first kappa shape index (κ1) is 14.3. The Hall–Kier alpha value is -1.12. The average Bonchev–Trinajstić information content (AvgIpc) is 2.36. The summed E-state index contributed by atoms with van der Waals surface area (Å²) >= 11 is 3.18. The highest BCUT2D eigenvalue weighted by atomic mass is 79.9. The second kappa shape index (κ2) is 6.36. The van der Waals surface area contributed by atoms with E-state index in [0.29, 0.717) is 16.7 Å². The van der Waals surface area contributed by atoms with Gasteiger partial charge in [-0.25, -0.2) is 8.78 Å². The van der Waals surface area contributed by atoms with Crippen LogP contribution in [0.4, 0.5) is 14.5 Å². The first-order valence-corrected chi connectivity index (χ1v) is 6.96. The molecule has 0 aliphatic carbocycles. The van der Waals surface area contributed by atoms with Gasteiger partial charge in [-0.3, -0.25) is 4.90 Å². The summed E-state index contributed by atoms with van der Waals surface area (Å²) < 4.78 is 27.1. The summed E-state index contributed by atoms with van der Waals surface area (Å²) in [5, 5.41) is 3.14. The van der Waals surface area contributed by atoms with Gasteiger partial charge in [0.25, 0.3) is 0 Å². The van der Waals surface area contributed by atoms with E-state index in [1.807, 2.05) is 0 Å². The van der Waals surface area contributed by atoms with Crippen LogP contribution < -0.4 is 5.32 Å². The van der Waals surface area contributed by atoms with Gasteiger partial charge in [0.05, 0.1) is 12.2 Å². The van der Waals surface area contributed by atoms with Gasteiger partial charge in [-0.1, -0.05) is 5.92 Å². The monoisotopic (exact) mass is 328 g/mol. The number of halogens is 3. The highest BCUT2D eigenvalue weighted by molar-refractivity contribution is 9.10. The Morgan fingerprint density at radius 1 is 1.37 bits per heavy atom. The van der Waals surface area contributed by atoms with Gasteiger partial charge >= 0.3 is 0 Å². The third kappa shape index (κ3) is 3.68. The summed E-state index contributed by atoms with van der Waals surface area (Å²) in [6.45, 7) is 2.44. The van der Waals surface area contributed by atoms with Crippen molar-refractivity contribution in [1.82, 2.24) is 4.90 Å². The van der Waals surface area contributed by atoms with E-state index in [4.69, 9.17) is 6.42 Å². The molecule has 1 aliphatic rings.